The van der Waals surface area contributed by atoms with Crippen molar-refractivity contribution in [3.8, 4) is 11.1 Å². The summed E-state index contributed by atoms with van der Waals surface area (Å²) in [5.41, 5.74) is 14.4. The molecular formula is C21H21ClN6. The fourth-order valence-corrected chi connectivity index (χ4v) is 3.66. The first-order chi connectivity index (χ1) is 13.7. The molecule has 0 saturated carbocycles. The van der Waals surface area contributed by atoms with Crippen molar-refractivity contribution in [2.75, 3.05) is 11.9 Å². The smallest absolute Gasteiger partial charge is 0.0829 e. The van der Waals surface area contributed by atoms with Gasteiger partial charge in [-0.1, -0.05) is 23.7 Å². The Balaban J connectivity index is 1.80. The third-order valence-electron chi connectivity index (χ3n) is 4.98. The van der Waals surface area contributed by atoms with Crippen LogP contribution in [0.2, 0.25) is 5.02 Å². The number of allylic oxidation sites excluding steroid dienone is 1. The minimum atomic E-state index is 0.103. The van der Waals surface area contributed by atoms with E-state index in [1.165, 1.54) is 0 Å². The van der Waals surface area contributed by atoms with Crippen LogP contribution in [-0.2, 0) is 0 Å². The molecule has 4 rings (SSSR count). The molecule has 7 heteroatoms. The third-order valence-corrected chi connectivity index (χ3v) is 5.23. The van der Waals surface area contributed by atoms with Crippen molar-refractivity contribution in [3.63, 3.8) is 0 Å². The maximum atomic E-state index is 7.45. The highest BCUT2D eigenvalue weighted by atomic mass is 35.5. The third kappa shape index (κ3) is 3.64. The largest absolute Gasteiger partial charge is 0.383 e. The summed E-state index contributed by atoms with van der Waals surface area (Å²) in [6, 6.07) is 14.2. The Hall–Kier alpha value is -3.12. The summed E-state index contributed by atoms with van der Waals surface area (Å²) in [5.74, 6) is 0. The number of fused-ring (bicyclic) bond motifs is 1. The summed E-state index contributed by atoms with van der Waals surface area (Å²) in [6.07, 6.45) is 4.60. The van der Waals surface area contributed by atoms with Crippen LogP contribution in [0.5, 0.6) is 0 Å². The highest BCUT2D eigenvalue weighted by molar-refractivity contribution is 6.30. The monoisotopic (exact) mass is 392 g/mol. The van der Waals surface area contributed by atoms with Crippen molar-refractivity contribution in [1.29, 1.82) is 5.53 Å². The predicted molar refractivity (Wildman–Crippen MR) is 112 cm³/mol. The van der Waals surface area contributed by atoms with E-state index in [2.05, 4.69) is 44.1 Å². The number of hydrogen-bond donors (Lipinski definition) is 4. The number of hydrogen-bond acceptors (Lipinski definition) is 5. The minimum absolute atomic E-state index is 0.103. The molecule has 1 aliphatic heterocycles. The van der Waals surface area contributed by atoms with E-state index in [1.807, 2.05) is 43.6 Å². The number of H-pyrrole nitrogens is 1. The molecule has 1 aromatic heterocycles. The second-order valence-corrected chi connectivity index (χ2v) is 7.22. The summed E-state index contributed by atoms with van der Waals surface area (Å²) in [4.78, 5) is 0. The molecular weight excluding hydrogens is 372 g/mol. The number of nitrogens with zero attached hydrogens (tertiary/aromatic N) is 2. The summed E-state index contributed by atoms with van der Waals surface area (Å²) >= 11 is 6.03. The van der Waals surface area contributed by atoms with Gasteiger partial charge in [-0.25, -0.2) is 5.53 Å². The Bertz CT molecular complexity index is 1010. The number of halogens is 1. The zero-order valence-electron chi connectivity index (χ0n) is 15.5. The first kappa shape index (κ1) is 18.3. The van der Waals surface area contributed by atoms with Gasteiger partial charge >= 0.3 is 0 Å². The Labute approximate surface area is 168 Å². The number of aromatic amines is 1. The maximum absolute atomic E-state index is 7.45. The zero-order chi connectivity index (χ0) is 19.5. The Morgan fingerprint density at radius 2 is 2.04 bits per heavy atom. The van der Waals surface area contributed by atoms with E-state index in [0.29, 0.717) is 10.7 Å². The van der Waals surface area contributed by atoms with Crippen molar-refractivity contribution >= 4 is 23.0 Å². The van der Waals surface area contributed by atoms with Crippen LogP contribution >= 0.6 is 11.6 Å². The van der Waals surface area contributed by atoms with E-state index in [9.17, 15) is 0 Å². The first-order valence-electron chi connectivity index (χ1n) is 9.13. The average Bonchev–Trinajstić information content (AvgIpc) is 3.20. The van der Waals surface area contributed by atoms with Gasteiger partial charge in [0.1, 0.15) is 0 Å². The number of rotatable bonds is 4. The molecule has 1 unspecified atom stereocenters. The topological polar surface area (TPSA) is 88.9 Å². The van der Waals surface area contributed by atoms with Gasteiger partial charge in [-0.05, 0) is 54.8 Å². The van der Waals surface area contributed by atoms with Gasteiger partial charge in [-0.2, -0.15) is 10.2 Å². The standard InChI is InChI=1S/C21H21ClN6/c1-13(28-23)21-18-7-2-14(15-11-25-26-12-15)10-19(18)20(8-9-24-21)27-17-5-3-16(22)4-6-17/h2-7,10-12,20,23-24,27H,8-9H2,1H3,(H,25,26)/b21-13-,28-23?. The predicted octanol–water partition coefficient (Wildman–Crippen LogP) is 5.60. The lowest BCUT2D eigenvalue weighted by molar-refractivity contribution is 0.682. The van der Waals surface area contributed by atoms with Gasteiger partial charge in [-0.3, -0.25) is 5.10 Å². The normalized spacial score (nSPS) is 17.9. The molecule has 0 amide bonds. The summed E-state index contributed by atoms with van der Waals surface area (Å²) in [7, 11) is 0. The van der Waals surface area contributed by atoms with E-state index < -0.39 is 0 Å². The van der Waals surface area contributed by atoms with Crippen molar-refractivity contribution in [2.24, 2.45) is 5.11 Å². The van der Waals surface area contributed by atoms with Crippen LogP contribution < -0.4 is 10.6 Å². The molecule has 0 fully saturated rings. The van der Waals surface area contributed by atoms with E-state index in [4.69, 9.17) is 17.1 Å². The summed E-state index contributed by atoms with van der Waals surface area (Å²) < 4.78 is 0. The Morgan fingerprint density at radius 1 is 1.21 bits per heavy atom. The molecule has 0 radical (unpaired) electrons. The van der Waals surface area contributed by atoms with Crippen molar-refractivity contribution in [2.45, 2.75) is 19.4 Å². The van der Waals surface area contributed by atoms with E-state index in [1.54, 1.807) is 0 Å². The molecule has 0 bridgehead atoms. The van der Waals surface area contributed by atoms with E-state index in [-0.39, 0.29) is 6.04 Å². The van der Waals surface area contributed by atoms with Crippen LogP contribution in [-0.4, -0.2) is 16.7 Å². The van der Waals surface area contributed by atoms with Crippen LogP contribution in [0.1, 0.15) is 30.5 Å². The highest BCUT2D eigenvalue weighted by Gasteiger charge is 2.23. The van der Waals surface area contributed by atoms with Crippen LogP contribution in [0.25, 0.3) is 16.8 Å². The summed E-state index contributed by atoms with van der Waals surface area (Å²) in [5, 5.41) is 18.4. The van der Waals surface area contributed by atoms with Gasteiger partial charge in [0, 0.05) is 34.6 Å². The van der Waals surface area contributed by atoms with Crippen molar-refractivity contribution < 1.29 is 0 Å². The molecule has 0 saturated heterocycles. The van der Waals surface area contributed by atoms with Gasteiger partial charge in [0.15, 0.2) is 0 Å². The SMILES string of the molecule is C/C(N=N)=C1/NCCC(Nc2ccc(Cl)cc2)c2cc(-c3cn[nH]c3)ccc21. The fourth-order valence-electron chi connectivity index (χ4n) is 3.54. The van der Waals surface area contributed by atoms with Gasteiger partial charge in [-0.15, -0.1) is 0 Å². The molecule has 2 aromatic carbocycles. The molecule has 6 nitrogen and oxygen atoms in total. The number of nitrogens with one attached hydrogen (secondary N) is 4. The van der Waals surface area contributed by atoms with Crippen molar-refractivity contribution in [3.05, 3.63) is 76.7 Å². The van der Waals surface area contributed by atoms with Gasteiger partial charge in [0.05, 0.1) is 23.6 Å². The lowest BCUT2D eigenvalue weighted by Gasteiger charge is -2.21. The number of anilines is 1. The lowest BCUT2D eigenvalue weighted by atomic mass is 9.93. The van der Waals surface area contributed by atoms with Crippen LogP contribution in [0.3, 0.4) is 0 Å². The van der Waals surface area contributed by atoms with Crippen LogP contribution in [0.4, 0.5) is 5.69 Å². The molecule has 1 aliphatic rings. The average molecular weight is 393 g/mol. The highest BCUT2D eigenvalue weighted by Crippen LogP contribution is 2.35. The number of benzene rings is 2. The van der Waals surface area contributed by atoms with Crippen LogP contribution in [0.15, 0.2) is 65.7 Å². The molecule has 142 valence electrons. The van der Waals surface area contributed by atoms with Crippen molar-refractivity contribution in [1.82, 2.24) is 15.5 Å². The van der Waals surface area contributed by atoms with Crippen LogP contribution in [0, 0.1) is 5.53 Å². The Kier molecular flexibility index (Phi) is 5.12. The van der Waals surface area contributed by atoms with Gasteiger partial charge in [0.25, 0.3) is 0 Å². The molecule has 28 heavy (non-hydrogen) atoms. The second kappa shape index (κ2) is 7.86. The maximum Gasteiger partial charge on any atom is 0.0829 e. The first-order valence-corrected chi connectivity index (χ1v) is 9.51. The molecule has 0 aliphatic carbocycles. The molecule has 2 heterocycles. The van der Waals surface area contributed by atoms with Gasteiger partial charge < -0.3 is 10.6 Å². The van der Waals surface area contributed by atoms with E-state index >= 15 is 0 Å². The number of aromatic nitrogens is 2. The Morgan fingerprint density at radius 3 is 2.75 bits per heavy atom. The van der Waals surface area contributed by atoms with E-state index in [0.717, 1.165) is 46.6 Å². The second-order valence-electron chi connectivity index (χ2n) is 6.78. The van der Waals surface area contributed by atoms with Gasteiger partial charge in [0.2, 0.25) is 0 Å². The minimum Gasteiger partial charge on any atom is -0.383 e. The molecule has 0 spiro atoms. The zero-order valence-corrected chi connectivity index (χ0v) is 16.2. The quantitative estimate of drug-likeness (QED) is 0.436. The fraction of sp³-hybridized carbons (Fsp3) is 0.190. The summed E-state index contributed by atoms with van der Waals surface area (Å²) in [6.45, 7) is 2.64. The molecule has 4 N–H and O–H groups in total. The molecule has 1 atom stereocenters. The lowest BCUT2D eigenvalue weighted by Crippen LogP contribution is -2.15. The molecule has 3 aromatic rings.